The number of hydrogen-bond donors (Lipinski definition) is 3. The Morgan fingerprint density at radius 1 is 1.18 bits per heavy atom. The second-order valence-corrected chi connectivity index (χ2v) is 11.7. The van der Waals surface area contributed by atoms with Crippen LogP contribution >= 0.6 is 0 Å². The molecule has 2 aliphatic carbocycles. The average molecular weight is 485 g/mol. The van der Waals surface area contributed by atoms with Gasteiger partial charge in [-0.25, -0.2) is 13.2 Å². The summed E-state index contributed by atoms with van der Waals surface area (Å²) in [6.07, 6.45) is 2.97. The molecule has 11 nitrogen and oxygen atoms in total. The number of hydrogen-bond acceptors (Lipinski definition) is 7. The second kappa shape index (κ2) is 8.96. The molecule has 0 bridgehead atoms. The lowest BCUT2D eigenvalue weighted by Gasteiger charge is -2.27. The number of nitrogens with one attached hydrogen (secondary N) is 3. The van der Waals surface area contributed by atoms with Crippen LogP contribution in [-0.2, 0) is 29.1 Å². The van der Waals surface area contributed by atoms with Gasteiger partial charge in [0.1, 0.15) is 23.7 Å². The largest absolute Gasteiger partial charge is 0.444 e. The van der Waals surface area contributed by atoms with E-state index in [0.717, 1.165) is 0 Å². The summed E-state index contributed by atoms with van der Waals surface area (Å²) < 4.78 is 31.6. The number of nitrogens with zero attached hydrogens (tertiary/aromatic N) is 1. The SMILES string of the molecule is C=CC1CC1(NC(=O)[C@@H]1CCCN1C(=O)CNC(=O)OC(C)(C)C)C(=O)NS(=O)(=O)C1CC1. The zero-order valence-corrected chi connectivity index (χ0v) is 20.0. The highest BCUT2D eigenvalue weighted by atomic mass is 32.2. The number of ether oxygens (including phenoxy) is 1. The quantitative estimate of drug-likeness (QED) is 0.416. The Balaban J connectivity index is 1.61. The fraction of sp³-hybridized carbons (Fsp3) is 0.714. The van der Waals surface area contributed by atoms with E-state index in [-0.39, 0.29) is 13.0 Å². The minimum Gasteiger partial charge on any atom is -0.444 e. The maximum atomic E-state index is 13.0. The van der Waals surface area contributed by atoms with Gasteiger partial charge in [0.2, 0.25) is 21.8 Å². The van der Waals surface area contributed by atoms with Crippen molar-refractivity contribution in [2.24, 2.45) is 5.92 Å². The lowest BCUT2D eigenvalue weighted by Crippen LogP contribution is -2.57. The molecule has 0 spiro atoms. The van der Waals surface area contributed by atoms with Crippen molar-refractivity contribution in [3.05, 3.63) is 12.7 Å². The normalized spacial score (nSPS) is 26.8. The van der Waals surface area contributed by atoms with Gasteiger partial charge in [0.05, 0.1) is 5.25 Å². The molecule has 1 aliphatic heterocycles. The number of likely N-dealkylation sites (tertiary alicyclic amines) is 1. The molecular formula is C21H32N4O7S. The number of alkyl carbamates (subject to hydrolysis) is 1. The summed E-state index contributed by atoms with van der Waals surface area (Å²) in [6, 6.07) is -0.825. The summed E-state index contributed by atoms with van der Waals surface area (Å²) in [7, 11) is -3.77. The van der Waals surface area contributed by atoms with E-state index in [2.05, 4.69) is 21.9 Å². The van der Waals surface area contributed by atoms with Crippen LogP contribution in [0, 0.1) is 5.92 Å². The Bertz CT molecular complexity index is 954. The van der Waals surface area contributed by atoms with E-state index >= 15 is 0 Å². The molecule has 3 aliphatic rings. The van der Waals surface area contributed by atoms with Crippen molar-refractivity contribution in [2.75, 3.05) is 13.1 Å². The Kier molecular flexibility index (Phi) is 6.79. The lowest BCUT2D eigenvalue weighted by molar-refractivity contribution is -0.139. The molecule has 4 amide bonds. The Morgan fingerprint density at radius 2 is 1.85 bits per heavy atom. The van der Waals surface area contributed by atoms with Gasteiger partial charge in [0.15, 0.2) is 0 Å². The van der Waals surface area contributed by atoms with Crippen LogP contribution in [0.1, 0.15) is 52.9 Å². The molecule has 0 aromatic rings. The zero-order valence-electron chi connectivity index (χ0n) is 19.2. The summed E-state index contributed by atoms with van der Waals surface area (Å²) >= 11 is 0. The van der Waals surface area contributed by atoms with Crippen LogP contribution in [0.4, 0.5) is 4.79 Å². The molecule has 184 valence electrons. The first-order chi connectivity index (χ1) is 15.3. The maximum absolute atomic E-state index is 13.0. The highest BCUT2D eigenvalue weighted by molar-refractivity contribution is 7.91. The standard InChI is InChI=1S/C21H32N4O7S/c1-5-13-11-21(13,18(28)24-33(30,31)14-8-9-14)23-17(27)15-7-6-10-25(15)16(26)12-22-19(29)32-20(2,3)4/h5,13-15H,1,6-12H2,2-4H3,(H,22,29)(H,23,27)(H,24,28)/t13?,15-,21?/m0/s1. The van der Waals surface area contributed by atoms with E-state index in [4.69, 9.17) is 4.74 Å². The number of carbonyl (C=O) groups excluding carboxylic acids is 4. The summed E-state index contributed by atoms with van der Waals surface area (Å²) in [5.41, 5.74) is -2.11. The third-order valence-corrected chi connectivity index (χ3v) is 7.73. The van der Waals surface area contributed by atoms with E-state index in [1.54, 1.807) is 20.8 Å². The molecule has 2 saturated carbocycles. The molecule has 1 saturated heterocycles. The molecule has 3 N–H and O–H groups in total. The minimum atomic E-state index is -3.77. The summed E-state index contributed by atoms with van der Waals surface area (Å²) in [5, 5.41) is 4.49. The van der Waals surface area contributed by atoms with Crippen molar-refractivity contribution in [2.45, 2.75) is 75.3 Å². The summed E-state index contributed by atoms with van der Waals surface area (Å²) in [5.74, 6) is -2.18. The molecule has 3 rings (SSSR count). The minimum absolute atomic E-state index is 0.231. The third-order valence-electron chi connectivity index (χ3n) is 5.91. The van der Waals surface area contributed by atoms with Crippen molar-refractivity contribution in [1.82, 2.24) is 20.3 Å². The zero-order chi connectivity index (χ0) is 24.6. The molecule has 33 heavy (non-hydrogen) atoms. The Hall–Kier alpha value is -2.63. The first-order valence-electron chi connectivity index (χ1n) is 11.1. The van der Waals surface area contributed by atoms with Crippen LogP contribution in [0.3, 0.4) is 0 Å². The molecule has 3 atom stereocenters. The molecule has 0 radical (unpaired) electrons. The van der Waals surface area contributed by atoms with Crippen LogP contribution in [0.25, 0.3) is 0 Å². The van der Waals surface area contributed by atoms with E-state index in [1.807, 2.05) is 0 Å². The fourth-order valence-corrected chi connectivity index (χ4v) is 5.28. The van der Waals surface area contributed by atoms with Crippen molar-refractivity contribution in [3.63, 3.8) is 0 Å². The average Bonchev–Trinajstić information content (AvgIpc) is 3.61. The van der Waals surface area contributed by atoms with Gasteiger partial charge in [-0.3, -0.25) is 19.1 Å². The summed E-state index contributed by atoms with van der Waals surface area (Å²) in [4.78, 5) is 51.6. The van der Waals surface area contributed by atoms with E-state index in [9.17, 15) is 27.6 Å². The van der Waals surface area contributed by atoms with Gasteiger partial charge in [0.25, 0.3) is 5.91 Å². The molecule has 0 aromatic carbocycles. The number of rotatable bonds is 8. The first-order valence-corrected chi connectivity index (χ1v) is 12.6. The predicted octanol–water partition coefficient (Wildman–Crippen LogP) is 0.171. The van der Waals surface area contributed by atoms with Crippen molar-refractivity contribution >= 4 is 33.8 Å². The molecular weight excluding hydrogens is 452 g/mol. The van der Waals surface area contributed by atoms with Gasteiger partial charge in [-0.2, -0.15) is 0 Å². The van der Waals surface area contributed by atoms with Gasteiger partial charge in [0, 0.05) is 12.5 Å². The van der Waals surface area contributed by atoms with Gasteiger partial charge in [-0.05, 0) is 52.9 Å². The highest BCUT2D eigenvalue weighted by Crippen LogP contribution is 2.45. The predicted molar refractivity (Wildman–Crippen MR) is 118 cm³/mol. The van der Waals surface area contributed by atoms with Crippen LogP contribution < -0.4 is 15.4 Å². The van der Waals surface area contributed by atoms with E-state index < -0.39 is 62.2 Å². The number of amides is 4. The number of sulfonamides is 1. The number of carbonyl (C=O) groups is 4. The van der Waals surface area contributed by atoms with E-state index in [0.29, 0.717) is 32.2 Å². The second-order valence-electron chi connectivity index (χ2n) is 9.78. The van der Waals surface area contributed by atoms with Gasteiger partial charge >= 0.3 is 6.09 Å². The molecule has 0 aromatic heterocycles. The van der Waals surface area contributed by atoms with Crippen LogP contribution in [-0.4, -0.2) is 72.7 Å². The van der Waals surface area contributed by atoms with Crippen LogP contribution in [0.2, 0.25) is 0 Å². The lowest BCUT2D eigenvalue weighted by atomic mass is 10.1. The van der Waals surface area contributed by atoms with Gasteiger partial charge in [-0.15, -0.1) is 6.58 Å². The molecule has 1 heterocycles. The monoisotopic (exact) mass is 484 g/mol. The van der Waals surface area contributed by atoms with Crippen LogP contribution in [0.5, 0.6) is 0 Å². The first kappa shape index (κ1) is 25.0. The van der Waals surface area contributed by atoms with E-state index in [1.165, 1.54) is 11.0 Å². The smallest absolute Gasteiger partial charge is 0.408 e. The Labute approximate surface area is 193 Å². The van der Waals surface area contributed by atoms with Crippen molar-refractivity contribution in [3.8, 4) is 0 Å². The molecule has 12 heteroatoms. The van der Waals surface area contributed by atoms with Crippen LogP contribution in [0.15, 0.2) is 12.7 Å². The van der Waals surface area contributed by atoms with Crippen molar-refractivity contribution < 1.29 is 32.3 Å². The molecule has 2 unspecified atom stereocenters. The molecule has 3 fully saturated rings. The van der Waals surface area contributed by atoms with Gasteiger partial charge < -0.3 is 20.3 Å². The topological polar surface area (TPSA) is 151 Å². The Morgan fingerprint density at radius 3 is 2.39 bits per heavy atom. The third kappa shape index (κ3) is 5.84. The summed E-state index contributed by atoms with van der Waals surface area (Å²) in [6.45, 7) is 8.75. The maximum Gasteiger partial charge on any atom is 0.408 e. The van der Waals surface area contributed by atoms with Crippen molar-refractivity contribution in [1.29, 1.82) is 0 Å². The highest BCUT2D eigenvalue weighted by Gasteiger charge is 2.61. The fourth-order valence-electron chi connectivity index (χ4n) is 3.92. The van der Waals surface area contributed by atoms with Gasteiger partial charge in [-0.1, -0.05) is 6.08 Å².